The standard InChI is InChI=1S/C26H28FNO3/c1-17-13-18(2)19(3)25(14-17)31-20(4)26(29)28-15-21-7-11-24(12-8-21)30-16-22-5-9-23(27)10-6-22/h5-14,20H,15-16H2,1-4H3,(H,28,29). The molecule has 3 aromatic rings. The van der Waals surface area contributed by atoms with E-state index in [-0.39, 0.29) is 11.7 Å². The van der Waals surface area contributed by atoms with Crippen LogP contribution >= 0.6 is 0 Å². The Morgan fingerprint density at radius 1 is 0.968 bits per heavy atom. The van der Waals surface area contributed by atoms with Crippen LogP contribution in [0.4, 0.5) is 4.39 Å². The predicted molar refractivity (Wildman–Crippen MR) is 120 cm³/mol. The first kappa shape index (κ1) is 22.3. The fraction of sp³-hybridized carbons (Fsp3) is 0.269. The zero-order valence-electron chi connectivity index (χ0n) is 18.4. The molecule has 0 spiro atoms. The number of hydrogen-bond acceptors (Lipinski definition) is 3. The second-order valence-electron chi connectivity index (χ2n) is 7.74. The van der Waals surface area contributed by atoms with Crippen LogP contribution in [0.15, 0.2) is 60.7 Å². The van der Waals surface area contributed by atoms with Crippen molar-refractivity contribution in [3.8, 4) is 11.5 Å². The lowest BCUT2D eigenvalue weighted by atomic mass is 10.1. The summed E-state index contributed by atoms with van der Waals surface area (Å²) in [7, 11) is 0. The van der Waals surface area contributed by atoms with Gasteiger partial charge in [0.15, 0.2) is 6.10 Å². The Morgan fingerprint density at radius 3 is 2.29 bits per heavy atom. The van der Waals surface area contributed by atoms with Gasteiger partial charge in [0.2, 0.25) is 0 Å². The highest BCUT2D eigenvalue weighted by Crippen LogP contribution is 2.24. The number of benzene rings is 3. The molecule has 0 aliphatic carbocycles. The maximum atomic E-state index is 13.0. The van der Waals surface area contributed by atoms with E-state index in [2.05, 4.69) is 11.4 Å². The van der Waals surface area contributed by atoms with E-state index in [1.54, 1.807) is 19.1 Å². The summed E-state index contributed by atoms with van der Waals surface area (Å²) in [6.07, 6.45) is -0.599. The molecule has 1 N–H and O–H groups in total. The smallest absolute Gasteiger partial charge is 0.261 e. The first-order chi connectivity index (χ1) is 14.8. The summed E-state index contributed by atoms with van der Waals surface area (Å²) in [5.41, 5.74) is 5.14. The summed E-state index contributed by atoms with van der Waals surface area (Å²) in [6.45, 7) is 8.55. The molecule has 3 rings (SSSR count). The summed E-state index contributed by atoms with van der Waals surface area (Å²) in [5, 5.41) is 2.91. The number of aryl methyl sites for hydroxylation is 2. The monoisotopic (exact) mass is 421 g/mol. The fourth-order valence-electron chi connectivity index (χ4n) is 3.15. The van der Waals surface area contributed by atoms with Gasteiger partial charge in [0.05, 0.1) is 0 Å². The second kappa shape index (κ2) is 10.1. The number of carbonyl (C=O) groups excluding carboxylic acids is 1. The molecule has 0 saturated heterocycles. The minimum atomic E-state index is -0.599. The van der Waals surface area contributed by atoms with E-state index in [1.165, 1.54) is 12.1 Å². The molecule has 0 heterocycles. The molecule has 0 aromatic heterocycles. The van der Waals surface area contributed by atoms with Gasteiger partial charge >= 0.3 is 0 Å². The Labute approximate surface area is 183 Å². The van der Waals surface area contributed by atoms with Crippen molar-refractivity contribution in [3.05, 3.63) is 94.3 Å². The summed E-state index contributed by atoms with van der Waals surface area (Å²) in [6, 6.07) is 17.8. The van der Waals surface area contributed by atoms with Crippen molar-refractivity contribution in [1.29, 1.82) is 0 Å². The third-order valence-electron chi connectivity index (χ3n) is 5.15. The molecule has 31 heavy (non-hydrogen) atoms. The van der Waals surface area contributed by atoms with Gasteiger partial charge in [0, 0.05) is 6.54 Å². The number of halogens is 1. The summed E-state index contributed by atoms with van der Waals surface area (Å²) >= 11 is 0. The number of rotatable bonds is 8. The molecule has 0 radical (unpaired) electrons. The Kier molecular flexibility index (Phi) is 7.29. The number of hydrogen-bond donors (Lipinski definition) is 1. The Bertz CT molecular complexity index is 1030. The number of ether oxygens (including phenoxy) is 2. The van der Waals surface area contributed by atoms with Gasteiger partial charge in [-0.3, -0.25) is 4.79 Å². The third kappa shape index (κ3) is 6.32. The van der Waals surface area contributed by atoms with Crippen LogP contribution in [0, 0.1) is 26.6 Å². The number of carbonyl (C=O) groups is 1. The Hall–Kier alpha value is -3.34. The second-order valence-corrected chi connectivity index (χ2v) is 7.74. The zero-order valence-corrected chi connectivity index (χ0v) is 18.4. The molecular weight excluding hydrogens is 393 g/mol. The van der Waals surface area contributed by atoms with Gasteiger partial charge in [0.25, 0.3) is 5.91 Å². The summed E-state index contributed by atoms with van der Waals surface area (Å²) in [4.78, 5) is 12.5. The lowest BCUT2D eigenvalue weighted by Gasteiger charge is -2.18. The highest BCUT2D eigenvalue weighted by atomic mass is 19.1. The van der Waals surface area contributed by atoms with E-state index in [1.807, 2.05) is 51.1 Å². The minimum absolute atomic E-state index is 0.171. The molecule has 162 valence electrons. The van der Waals surface area contributed by atoms with E-state index in [4.69, 9.17) is 9.47 Å². The van der Waals surface area contributed by atoms with E-state index >= 15 is 0 Å². The molecule has 3 aromatic carbocycles. The van der Waals surface area contributed by atoms with Crippen LogP contribution in [0.25, 0.3) is 0 Å². The van der Waals surface area contributed by atoms with Crippen LogP contribution in [0.5, 0.6) is 11.5 Å². The van der Waals surface area contributed by atoms with E-state index in [9.17, 15) is 9.18 Å². The normalized spacial score (nSPS) is 11.6. The third-order valence-corrected chi connectivity index (χ3v) is 5.15. The minimum Gasteiger partial charge on any atom is -0.489 e. The van der Waals surface area contributed by atoms with Crippen molar-refractivity contribution < 1.29 is 18.7 Å². The molecule has 5 heteroatoms. The van der Waals surface area contributed by atoms with Crippen LogP contribution < -0.4 is 14.8 Å². The van der Waals surface area contributed by atoms with Crippen LogP contribution in [-0.4, -0.2) is 12.0 Å². The maximum absolute atomic E-state index is 13.0. The highest BCUT2D eigenvalue weighted by Gasteiger charge is 2.16. The molecule has 1 atom stereocenters. The Morgan fingerprint density at radius 2 is 1.61 bits per heavy atom. The van der Waals surface area contributed by atoms with Crippen molar-refractivity contribution in [2.75, 3.05) is 0 Å². The first-order valence-corrected chi connectivity index (χ1v) is 10.3. The van der Waals surface area contributed by atoms with Gasteiger partial charge in [-0.05, 0) is 85.8 Å². The average Bonchev–Trinajstić information content (AvgIpc) is 2.75. The predicted octanol–water partition coefficient (Wildman–Crippen LogP) is 5.41. The molecule has 4 nitrogen and oxygen atoms in total. The average molecular weight is 422 g/mol. The molecule has 0 fully saturated rings. The van der Waals surface area contributed by atoms with E-state index in [0.717, 1.165) is 33.6 Å². The molecule has 1 unspecified atom stereocenters. The van der Waals surface area contributed by atoms with Crippen LogP contribution in [0.1, 0.15) is 34.7 Å². The fourth-order valence-corrected chi connectivity index (χ4v) is 3.15. The van der Waals surface area contributed by atoms with Crippen molar-refractivity contribution in [1.82, 2.24) is 5.32 Å². The molecule has 0 aliphatic rings. The van der Waals surface area contributed by atoms with Crippen LogP contribution in [0.3, 0.4) is 0 Å². The van der Waals surface area contributed by atoms with Gasteiger partial charge in [-0.2, -0.15) is 0 Å². The van der Waals surface area contributed by atoms with Gasteiger partial charge in [-0.1, -0.05) is 30.3 Å². The van der Waals surface area contributed by atoms with Gasteiger partial charge in [0.1, 0.15) is 23.9 Å². The lowest BCUT2D eigenvalue weighted by molar-refractivity contribution is -0.127. The molecule has 1 amide bonds. The summed E-state index contributed by atoms with van der Waals surface area (Å²) < 4.78 is 24.6. The van der Waals surface area contributed by atoms with Crippen molar-refractivity contribution in [2.45, 2.75) is 47.0 Å². The topological polar surface area (TPSA) is 47.6 Å². The van der Waals surface area contributed by atoms with E-state index in [0.29, 0.717) is 18.9 Å². The SMILES string of the molecule is Cc1cc(C)c(C)c(OC(C)C(=O)NCc2ccc(OCc3ccc(F)cc3)cc2)c1. The van der Waals surface area contributed by atoms with Crippen molar-refractivity contribution >= 4 is 5.91 Å². The molecule has 0 aliphatic heterocycles. The summed E-state index contributed by atoms with van der Waals surface area (Å²) in [5.74, 6) is 1.01. The Balaban J connectivity index is 1.49. The van der Waals surface area contributed by atoms with Gasteiger partial charge < -0.3 is 14.8 Å². The molecule has 0 saturated carbocycles. The lowest BCUT2D eigenvalue weighted by Crippen LogP contribution is -2.36. The number of nitrogens with one attached hydrogen (secondary N) is 1. The largest absolute Gasteiger partial charge is 0.489 e. The zero-order chi connectivity index (χ0) is 22.4. The highest BCUT2D eigenvalue weighted by molar-refractivity contribution is 5.80. The molecule has 0 bridgehead atoms. The van der Waals surface area contributed by atoms with Crippen LogP contribution in [0.2, 0.25) is 0 Å². The first-order valence-electron chi connectivity index (χ1n) is 10.3. The van der Waals surface area contributed by atoms with Crippen molar-refractivity contribution in [3.63, 3.8) is 0 Å². The van der Waals surface area contributed by atoms with Crippen LogP contribution in [-0.2, 0) is 17.9 Å². The van der Waals surface area contributed by atoms with Gasteiger partial charge in [-0.25, -0.2) is 4.39 Å². The van der Waals surface area contributed by atoms with Crippen molar-refractivity contribution in [2.24, 2.45) is 0 Å². The van der Waals surface area contributed by atoms with Gasteiger partial charge in [-0.15, -0.1) is 0 Å². The quantitative estimate of drug-likeness (QED) is 0.529. The molecular formula is C26H28FNO3. The number of amides is 1. The van der Waals surface area contributed by atoms with E-state index < -0.39 is 6.10 Å². The maximum Gasteiger partial charge on any atom is 0.261 e.